The zero-order valence-electron chi connectivity index (χ0n) is 13.9. The Morgan fingerprint density at radius 1 is 1.25 bits per heavy atom. The number of carboxylic acid groups (broad SMARTS) is 1. The zero-order chi connectivity index (χ0) is 16.6. The highest BCUT2D eigenvalue weighted by molar-refractivity contribution is 5.77. The number of fused-ring (bicyclic) bond motifs is 1. The van der Waals surface area contributed by atoms with E-state index in [9.17, 15) is 9.90 Å². The van der Waals surface area contributed by atoms with E-state index >= 15 is 0 Å². The molecule has 0 bridgehead atoms. The summed E-state index contributed by atoms with van der Waals surface area (Å²) in [6.45, 7) is 5.53. The monoisotopic (exact) mass is 331 g/mol. The molecule has 4 rings (SSSR count). The first-order chi connectivity index (χ1) is 11.7. The molecule has 0 spiro atoms. The standard InChI is InChI=1S/C18H25N3O3/c22-17(23)18-12-20(9-14-1-5-19-6-2-14)10-15(18)11-21(13-18)16-3-7-24-8-4-16/h1-2,5-6,15-16H,3-4,7-13H2,(H,22,23)/t15-,18-/m1/s1. The van der Waals surface area contributed by atoms with E-state index in [0.29, 0.717) is 19.1 Å². The molecule has 0 saturated carbocycles. The second-order valence-electron chi connectivity index (χ2n) is 7.46. The molecule has 1 aromatic heterocycles. The van der Waals surface area contributed by atoms with Crippen molar-refractivity contribution < 1.29 is 14.6 Å². The number of hydrogen-bond acceptors (Lipinski definition) is 5. The lowest BCUT2D eigenvalue weighted by Gasteiger charge is -2.33. The molecule has 1 aromatic rings. The van der Waals surface area contributed by atoms with E-state index < -0.39 is 11.4 Å². The Kier molecular flexibility index (Phi) is 4.28. The Morgan fingerprint density at radius 2 is 2.00 bits per heavy atom. The highest BCUT2D eigenvalue weighted by atomic mass is 16.5. The van der Waals surface area contributed by atoms with E-state index in [1.807, 2.05) is 12.1 Å². The minimum atomic E-state index is -0.626. The summed E-state index contributed by atoms with van der Waals surface area (Å²) in [5.41, 5.74) is 0.595. The number of nitrogens with zero attached hydrogens (tertiary/aromatic N) is 3. The molecule has 0 unspecified atom stereocenters. The zero-order valence-corrected chi connectivity index (χ0v) is 13.9. The number of rotatable bonds is 4. The fourth-order valence-corrected chi connectivity index (χ4v) is 4.71. The normalized spacial score (nSPS) is 32.1. The van der Waals surface area contributed by atoms with Gasteiger partial charge in [0.05, 0.1) is 5.41 Å². The SMILES string of the molecule is O=C(O)[C@@]12CN(Cc3ccncc3)C[C@@H]1CN(C1CCOCC1)C2. The van der Waals surface area contributed by atoms with Crippen LogP contribution >= 0.6 is 0 Å². The first-order valence-electron chi connectivity index (χ1n) is 8.84. The van der Waals surface area contributed by atoms with Crippen LogP contribution in [0.15, 0.2) is 24.5 Å². The average molecular weight is 331 g/mol. The van der Waals surface area contributed by atoms with Gasteiger partial charge in [-0.3, -0.25) is 19.6 Å². The van der Waals surface area contributed by atoms with Gasteiger partial charge in [0.25, 0.3) is 0 Å². The molecule has 3 saturated heterocycles. The fourth-order valence-electron chi connectivity index (χ4n) is 4.71. The summed E-state index contributed by atoms with van der Waals surface area (Å²) < 4.78 is 5.45. The smallest absolute Gasteiger partial charge is 0.312 e. The summed E-state index contributed by atoms with van der Waals surface area (Å²) in [5, 5.41) is 9.99. The minimum Gasteiger partial charge on any atom is -0.481 e. The maximum absolute atomic E-state index is 12.1. The summed E-state index contributed by atoms with van der Waals surface area (Å²) in [7, 11) is 0. The van der Waals surface area contributed by atoms with Gasteiger partial charge in [-0.2, -0.15) is 0 Å². The van der Waals surface area contributed by atoms with Crippen LogP contribution in [-0.2, 0) is 16.1 Å². The van der Waals surface area contributed by atoms with Gasteiger partial charge in [0.15, 0.2) is 0 Å². The van der Waals surface area contributed by atoms with E-state index in [0.717, 1.165) is 45.7 Å². The third kappa shape index (κ3) is 2.83. The number of aliphatic carboxylic acids is 1. The Morgan fingerprint density at radius 3 is 2.67 bits per heavy atom. The van der Waals surface area contributed by atoms with Crippen molar-refractivity contribution in [3.05, 3.63) is 30.1 Å². The Bertz CT molecular complexity index is 590. The molecule has 2 atom stereocenters. The highest BCUT2D eigenvalue weighted by Gasteiger charge is 2.58. The van der Waals surface area contributed by atoms with Crippen molar-refractivity contribution in [1.29, 1.82) is 0 Å². The second-order valence-corrected chi connectivity index (χ2v) is 7.46. The van der Waals surface area contributed by atoms with Crippen LogP contribution in [0, 0.1) is 11.3 Å². The van der Waals surface area contributed by atoms with Crippen LogP contribution in [0.25, 0.3) is 0 Å². The van der Waals surface area contributed by atoms with Crippen LogP contribution in [-0.4, -0.2) is 71.3 Å². The van der Waals surface area contributed by atoms with Crippen molar-refractivity contribution in [2.45, 2.75) is 25.4 Å². The van der Waals surface area contributed by atoms with Gasteiger partial charge in [0.1, 0.15) is 0 Å². The van der Waals surface area contributed by atoms with Gasteiger partial charge < -0.3 is 9.84 Å². The first-order valence-corrected chi connectivity index (χ1v) is 8.84. The van der Waals surface area contributed by atoms with Crippen LogP contribution in [0.3, 0.4) is 0 Å². The molecule has 6 nitrogen and oxygen atoms in total. The van der Waals surface area contributed by atoms with Crippen molar-refractivity contribution in [3.63, 3.8) is 0 Å². The topological polar surface area (TPSA) is 65.9 Å². The molecule has 3 aliphatic rings. The van der Waals surface area contributed by atoms with Crippen molar-refractivity contribution in [1.82, 2.24) is 14.8 Å². The molecule has 3 fully saturated rings. The number of ether oxygens (including phenoxy) is 1. The molecule has 24 heavy (non-hydrogen) atoms. The van der Waals surface area contributed by atoms with Gasteiger partial charge in [-0.1, -0.05) is 0 Å². The van der Waals surface area contributed by atoms with Gasteiger partial charge in [-0.15, -0.1) is 0 Å². The largest absolute Gasteiger partial charge is 0.481 e. The summed E-state index contributed by atoms with van der Waals surface area (Å²) in [5.74, 6) is -0.404. The van der Waals surface area contributed by atoms with Crippen molar-refractivity contribution in [2.24, 2.45) is 11.3 Å². The Labute approximate surface area is 142 Å². The van der Waals surface area contributed by atoms with Crippen LogP contribution < -0.4 is 0 Å². The van der Waals surface area contributed by atoms with Crippen LogP contribution in [0.5, 0.6) is 0 Å². The molecule has 0 amide bonds. The number of carboxylic acids is 1. The average Bonchev–Trinajstić information content (AvgIpc) is 3.11. The number of carbonyl (C=O) groups is 1. The number of hydrogen-bond donors (Lipinski definition) is 1. The predicted molar refractivity (Wildman–Crippen MR) is 88.5 cm³/mol. The summed E-state index contributed by atoms with van der Waals surface area (Å²) in [6, 6.07) is 4.51. The van der Waals surface area contributed by atoms with Gasteiger partial charge in [0, 0.05) is 70.3 Å². The predicted octanol–water partition coefficient (Wildman–Crippen LogP) is 1.08. The number of pyridine rings is 1. The fraction of sp³-hybridized carbons (Fsp3) is 0.667. The maximum atomic E-state index is 12.1. The molecule has 0 aliphatic carbocycles. The lowest BCUT2D eigenvalue weighted by atomic mass is 9.81. The summed E-state index contributed by atoms with van der Waals surface area (Å²) in [4.78, 5) is 20.9. The molecular formula is C18H25N3O3. The summed E-state index contributed by atoms with van der Waals surface area (Å²) >= 11 is 0. The Hall–Kier alpha value is -1.50. The van der Waals surface area contributed by atoms with Crippen molar-refractivity contribution in [2.75, 3.05) is 39.4 Å². The van der Waals surface area contributed by atoms with Gasteiger partial charge >= 0.3 is 5.97 Å². The van der Waals surface area contributed by atoms with Gasteiger partial charge in [-0.05, 0) is 30.5 Å². The maximum Gasteiger partial charge on any atom is 0.312 e. The van der Waals surface area contributed by atoms with Gasteiger partial charge in [-0.25, -0.2) is 0 Å². The quantitative estimate of drug-likeness (QED) is 0.891. The summed E-state index contributed by atoms with van der Waals surface area (Å²) in [6.07, 6.45) is 5.66. The number of aromatic nitrogens is 1. The van der Waals surface area contributed by atoms with E-state index in [1.165, 1.54) is 5.56 Å². The third-order valence-corrected chi connectivity index (χ3v) is 5.99. The van der Waals surface area contributed by atoms with Crippen LogP contribution in [0.4, 0.5) is 0 Å². The van der Waals surface area contributed by atoms with E-state index in [4.69, 9.17) is 4.74 Å². The molecule has 0 aromatic carbocycles. The third-order valence-electron chi connectivity index (χ3n) is 5.99. The molecule has 3 aliphatic heterocycles. The van der Waals surface area contributed by atoms with E-state index in [-0.39, 0.29) is 5.92 Å². The first kappa shape index (κ1) is 16.0. The lowest BCUT2D eigenvalue weighted by molar-refractivity contribution is -0.149. The molecule has 6 heteroatoms. The molecule has 4 heterocycles. The van der Waals surface area contributed by atoms with Crippen LogP contribution in [0.2, 0.25) is 0 Å². The van der Waals surface area contributed by atoms with Crippen LogP contribution in [0.1, 0.15) is 18.4 Å². The van der Waals surface area contributed by atoms with E-state index in [2.05, 4.69) is 14.8 Å². The minimum absolute atomic E-state index is 0.222. The number of likely N-dealkylation sites (tertiary alicyclic amines) is 2. The molecular weight excluding hydrogens is 306 g/mol. The van der Waals surface area contributed by atoms with Gasteiger partial charge in [0.2, 0.25) is 0 Å². The highest BCUT2D eigenvalue weighted by Crippen LogP contribution is 2.44. The molecule has 1 N–H and O–H groups in total. The Balaban J connectivity index is 1.46. The molecule has 130 valence electrons. The van der Waals surface area contributed by atoms with Crippen molar-refractivity contribution in [3.8, 4) is 0 Å². The second kappa shape index (κ2) is 6.43. The molecule has 0 radical (unpaired) electrons. The van der Waals surface area contributed by atoms with Crippen molar-refractivity contribution >= 4 is 5.97 Å². The lowest BCUT2D eigenvalue weighted by Crippen LogP contribution is -2.44. The van der Waals surface area contributed by atoms with E-state index in [1.54, 1.807) is 12.4 Å².